The molecule has 2 aliphatic carbocycles. The average Bonchev–Trinajstić information content (AvgIpc) is 2.63. The second kappa shape index (κ2) is 5.81. The summed E-state index contributed by atoms with van der Waals surface area (Å²) in [6, 6.07) is 0. The normalized spacial score (nSPS) is 28.9. The third-order valence-corrected chi connectivity index (χ3v) is 5.41. The summed E-state index contributed by atoms with van der Waals surface area (Å²) in [4.78, 5) is 35.1. The molecule has 116 valence electrons. The number of aliphatic hydroxyl groups excluding tert-OH is 1. The highest BCUT2D eigenvalue weighted by Crippen LogP contribution is 2.61. The Morgan fingerprint density at radius 2 is 2.14 bits per heavy atom. The molecule has 0 radical (unpaired) electrons. The molecule has 6 nitrogen and oxygen atoms in total. The lowest BCUT2D eigenvalue weighted by Gasteiger charge is -2.46. The highest BCUT2D eigenvalue weighted by atomic mass is 32.2. The number of fused-ring (bicyclic) bond motifs is 1. The number of thioether (sulfide) groups is 1. The summed E-state index contributed by atoms with van der Waals surface area (Å²) in [5, 5.41) is 22.1. The predicted octanol–water partition coefficient (Wildman–Crippen LogP) is 0.554. The zero-order valence-electron chi connectivity index (χ0n) is 12.0. The molecule has 1 saturated carbocycles. The summed E-state index contributed by atoms with van der Waals surface area (Å²) >= 11 is 1.35. The minimum atomic E-state index is -1.22. The monoisotopic (exact) mass is 313 g/mol. The van der Waals surface area contributed by atoms with Crippen molar-refractivity contribution in [2.45, 2.75) is 32.8 Å². The fourth-order valence-corrected chi connectivity index (χ4v) is 4.57. The van der Waals surface area contributed by atoms with E-state index in [1.165, 1.54) is 25.6 Å². The molecule has 0 aromatic carbocycles. The van der Waals surface area contributed by atoms with Gasteiger partial charge in [-0.3, -0.25) is 9.59 Å². The van der Waals surface area contributed by atoms with Crippen LogP contribution in [0.2, 0.25) is 0 Å². The lowest BCUT2D eigenvalue weighted by molar-refractivity contribution is -0.155. The van der Waals surface area contributed by atoms with Gasteiger partial charge in [0.1, 0.15) is 5.78 Å². The van der Waals surface area contributed by atoms with Gasteiger partial charge in [0.2, 0.25) is 5.91 Å². The highest BCUT2D eigenvalue weighted by molar-refractivity contribution is 8.03. The molecule has 0 aromatic heterocycles. The van der Waals surface area contributed by atoms with E-state index in [0.29, 0.717) is 30.0 Å². The number of nitrogens with one attached hydrogen (secondary N) is 1. The van der Waals surface area contributed by atoms with E-state index in [2.05, 4.69) is 5.32 Å². The van der Waals surface area contributed by atoms with Gasteiger partial charge in [-0.05, 0) is 24.2 Å². The van der Waals surface area contributed by atoms with Gasteiger partial charge >= 0.3 is 5.97 Å². The first kappa shape index (κ1) is 16.0. The Kier molecular flexibility index (Phi) is 4.43. The summed E-state index contributed by atoms with van der Waals surface area (Å²) < 4.78 is 0. The van der Waals surface area contributed by atoms with E-state index in [4.69, 9.17) is 0 Å². The van der Waals surface area contributed by atoms with Crippen molar-refractivity contribution in [2.75, 3.05) is 12.3 Å². The largest absolute Gasteiger partial charge is 0.478 e. The smallest absolute Gasteiger partial charge is 0.333 e. The predicted molar refractivity (Wildman–Crippen MR) is 77.6 cm³/mol. The maximum atomic E-state index is 12.0. The van der Waals surface area contributed by atoms with E-state index in [-0.39, 0.29) is 23.2 Å². The van der Waals surface area contributed by atoms with Gasteiger partial charge in [0.15, 0.2) is 0 Å². The van der Waals surface area contributed by atoms with Gasteiger partial charge in [0.25, 0.3) is 0 Å². The van der Waals surface area contributed by atoms with Gasteiger partial charge in [0, 0.05) is 25.6 Å². The van der Waals surface area contributed by atoms with Gasteiger partial charge in [-0.15, -0.1) is 11.8 Å². The molecule has 3 unspecified atom stereocenters. The number of carboxylic acids is 1. The van der Waals surface area contributed by atoms with Crippen LogP contribution >= 0.6 is 11.8 Å². The van der Waals surface area contributed by atoms with Crippen LogP contribution in [0.3, 0.4) is 0 Å². The SMILES string of the molecule is CC(=O)NCCSC1=C(C(=O)O)C2(C(C)O)C(=O)CC2C1. The minimum Gasteiger partial charge on any atom is -0.478 e. The van der Waals surface area contributed by atoms with E-state index < -0.39 is 17.5 Å². The summed E-state index contributed by atoms with van der Waals surface area (Å²) in [5.74, 6) is -1.02. The Morgan fingerprint density at radius 3 is 2.62 bits per heavy atom. The van der Waals surface area contributed by atoms with Gasteiger partial charge in [-0.25, -0.2) is 4.79 Å². The molecule has 3 N–H and O–H groups in total. The third-order valence-electron chi connectivity index (χ3n) is 4.29. The molecule has 7 heteroatoms. The molecule has 2 rings (SSSR count). The Balaban J connectivity index is 2.19. The second-order valence-electron chi connectivity index (χ2n) is 5.51. The zero-order chi connectivity index (χ0) is 15.8. The van der Waals surface area contributed by atoms with Crippen LogP contribution in [0.15, 0.2) is 10.5 Å². The Morgan fingerprint density at radius 1 is 1.48 bits per heavy atom. The number of carboxylic acid groups (broad SMARTS) is 1. The van der Waals surface area contributed by atoms with Crippen LogP contribution in [0.4, 0.5) is 0 Å². The number of aliphatic hydroxyl groups is 1. The molecule has 0 saturated heterocycles. The molecular weight excluding hydrogens is 294 g/mol. The van der Waals surface area contributed by atoms with Gasteiger partial charge in [-0.1, -0.05) is 0 Å². The van der Waals surface area contributed by atoms with E-state index in [1.807, 2.05) is 0 Å². The minimum absolute atomic E-state index is 0.0616. The van der Waals surface area contributed by atoms with E-state index in [1.54, 1.807) is 0 Å². The van der Waals surface area contributed by atoms with Crippen molar-refractivity contribution in [3.63, 3.8) is 0 Å². The van der Waals surface area contributed by atoms with Crippen LogP contribution in [-0.2, 0) is 14.4 Å². The van der Waals surface area contributed by atoms with Crippen molar-refractivity contribution in [2.24, 2.45) is 11.3 Å². The van der Waals surface area contributed by atoms with Crippen LogP contribution in [-0.4, -0.2) is 46.3 Å². The topological polar surface area (TPSA) is 104 Å². The maximum Gasteiger partial charge on any atom is 0.333 e. The molecule has 0 bridgehead atoms. The lowest BCUT2D eigenvalue weighted by atomic mass is 9.55. The maximum absolute atomic E-state index is 12.0. The molecule has 21 heavy (non-hydrogen) atoms. The summed E-state index contributed by atoms with van der Waals surface area (Å²) in [7, 11) is 0. The van der Waals surface area contributed by atoms with E-state index in [0.717, 1.165) is 0 Å². The zero-order valence-corrected chi connectivity index (χ0v) is 12.8. The Hall–Kier alpha value is -1.34. The van der Waals surface area contributed by atoms with Gasteiger partial charge in [-0.2, -0.15) is 0 Å². The molecule has 0 aromatic rings. The van der Waals surface area contributed by atoms with Crippen molar-refractivity contribution in [1.82, 2.24) is 5.32 Å². The van der Waals surface area contributed by atoms with E-state index >= 15 is 0 Å². The molecule has 1 fully saturated rings. The van der Waals surface area contributed by atoms with Gasteiger partial charge in [0.05, 0.1) is 17.1 Å². The molecule has 2 aliphatic rings. The van der Waals surface area contributed by atoms with Crippen LogP contribution in [0.1, 0.15) is 26.7 Å². The van der Waals surface area contributed by atoms with Crippen molar-refractivity contribution in [3.05, 3.63) is 10.5 Å². The number of carbonyl (C=O) groups excluding carboxylic acids is 2. The number of carbonyl (C=O) groups is 3. The first-order chi connectivity index (χ1) is 9.81. The van der Waals surface area contributed by atoms with Crippen molar-refractivity contribution in [3.8, 4) is 0 Å². The molecular formula is C14H19NO5S. The number of allylic oxidation sites excluding steroid dienone is 1. The summed E-state index contributed by atoms with van der Waals surface area (Å²) in [6.45, 7) is 3.35. The number of amides is 1. The molecule has 3 atom stereocenters. The molecule has 0 spiro atoms. The van der Waals surface area contributed by atoms with Crippen LogP contribution < -0.4 is 5.32 Å². The number of ketones is 1. The molecule has 0 aliphatic heterocycles. The number of hydrogen-bond donors (Lipinski definition) is 3. The Bertz CT molecular complexity index is 527. The Labute approximate surface area is 127 Å². The fraction of sp³-hybridized carbons (Fsp3) is 0.643. The van der Waals surface area contributed by atoms with Crippen LogP contribution in [0.5, 0.6) is 0 Å². The van der Waals surface area contributed by atoms with Crippen molar-refractivity contribution >= 4 is 29.4 Å². The first-order valence-electron chi connectivity index (χ1n) is 6.87. The number of Topliss-reactive ketones (excluding diaryl/α,β-unsaturated/α-hetero) is 1. The van der Waals surface area contributed by atoms with Crippen LogP contribution in [0.25, 0.3) is 0 Å². The summed E-state index contributed by atoms with van der Waals surface area (Å²) in [6.07, 6.45) is -0.149. The third kappa shape index (κ3) is 2.48. The van der Waals surface area contributed by atoms with Crippen LogP contribution in [0, 0.1) is 11.3 Å². The average molecular weight is 313 g/mol. The number of rotatable bonds is 6. The first-order valence-corrected chi connectivity index (χ1v) is 7.85. The summed E-state index contributed by atoms with van der Waals surface area (Å²) in [5.41, 5.74) is -1.16. The van der Waals surface area contributed by atoms with Crippen molar-refractivity contribution in [1.29, 1.82) is 0 Å². The molecule has 0 heterocycles. The lowest BCUT2D eigenvalue weighted by Crippen LogP contribution is -2.56. The number of aliphatic carboxylic acids is 1. The quantitative estimate of drug-likeness (QED) is 0.619. The van der Waals surface area contributed by atoms with Gasteiger partial charge < -0.3 is 15.5 Å². The standard InChI is InChI=1S/C14H19NO5S/c1-7(16)14-9(6-11(14)18)5-10(12(14)13(19)20)21-4-3-15-8(2)17/h7,9,16H,3-6H2,1-2H3,(H,15,17)(H,19,20). The van der Waals surface area contributed by atoms with E-state index in [9.17, 15) is 24.6 Å². The molecule has 1 amide bonds. The fourth-order valence-electron chi connectivity index (χ4n) is 3.40. The van der Waals surface area contributed by atoms with Crippen molar-refractivity contribution < 1.29 is 24.6 Å². The number of hydrogen-bond acceptors (Lipinski definition) is 5. The highest BCUT2D eigenvalue weighted by Gasteiger charge is 2.65. The second-order valence-corrected chi connectivity index (χ2v) is 6.70.